The maximum Gasteiger partial charge on any atom is 0.269 e. The van der Waals surface area contributed by atoms with Crippen LogP contribution < -0.4 is 5.56 Å². The van der Waals surface area contributed by atoms with E-state index in [1.807, 2.05) is 0 Å². The second-order valence-electron chi connectivity index (χ2n) is 3.19. The molecule has 7 heteroatoms. The Morgan fingerprint density at radius 1 is 1.59 bits per heavy atom. The Balaban J connectivity index is 2.45. The number of pyridine rings is 1. The van der Waals surface area contributed by atoms with Crippen LogP contribution in [0.15, 0.2) is 29.3 Å². The molecule has 0 spiro atoms. The topological polar surface area (TPSA) is 88.8 Å². The van der Waals surface area contributed by atoms with Gasteiger partial charge in [-0.1, -0.05) is 6.07 Å². The molecule has 7 nitrogen and oxygen atoms in total. The molecule has 17 heavy (non-hydrogen) atoms. The van der Waals surface area contributed by atoms with Crippen LogP contribution in [-0.2, 0) is 0 Å². The van der Waals surface area contributed by atoms with Gasteiger partial charge in [-0.2, -0.15) is 5.21 Å². The van der Waals surface area contributed by atoms with Crippen molar-refractivity contribution in [3.8, 4) is 11.4 Å². The lowest BCUT2D eigenvalue weighted by atomic mass is 10.2. The van der Waals surface area contributed by atoms with Gasteiger partial charge in [0.15, 0.2) is 0 Å². The van der Waals surface area contributed by atoms with Gasteiger partial charge in [0.2, 0.25) is 5.82 Å². The van der Waals surface area contributed by atoms with Gasteiger partial charge in [0, 0.05) is 16.5 Å². The zero-order chi connectivity index (χ0) is 16.1. The van der Waals surface area contributed by atoms with E-state index >= 15 is 0 Å². The Hall–Kier alpha value is -2.57. The van der Waals surface area contributed by atoms with Crippen molar-refractivity contribution >= 4 is 5.65 Å². The summed E-state index contributed by atoms with van der Waals surface area (Å²) in [5.74, 6) is -0.0304. The molecule has 3 heterocycles. The Bertz CT molecular complexity index is 916. The highest BCUT2D eigenvalue weighted by Gasteiger charge is 2.11. The molecule has 0 aliphatic heterocycles. The minimum atomic E-state index is -2.57. The van der Waals surface area contributed by atoms with Crippen molar-refractivity contribution in [2.75, 3.05) is 0 Å². The third kappa shape index (κ3) is 1.40. The predicted octanol–water partition coefficient (Wildman–Crippen LogP) is 0.183. The molecule has 0 saturated heterocycles. The van der Waals surface area contributed by atoms with Gasteiger partial charge in [-0.3, -0.25) is 9.20 Å². The van der Waals surface area contributed by atoms with Gasteiger partial charge in [0.25, 0.3) is 5.56 Å². The molecule has 0 fully saturated rings. The lowest BCUT2D eigenvalue weighted by Gasteiger charge is -2.03. The van der Waals surface area contributed by atoms with E-state index in [-0.39, 0.29) is 22.6 Å². The van der Waals surface area contributed by atoms with Crippen molar-refractivity contribution in [3.63, 3.8) is 0 Å². The van der Waals surface area contributed by atoms with E-state index in [0.29, 0.717) is 0 Å². The molecule has 3 aromatic heterocycles. The second-order valence-corrected chi connectivity index (χ2v) is 3.19. The van der Waals surface area contributed by atoms with Crippen molar-refractivity contribution in [2.24, 2.45) is 0 Å². The number of aromatic nitrogens is 6. The van der Waals surface area contributed by atoms with Crippen molar-refractivity contribution in [2.45, 2.75) is 6.85 Å². The van der Waals surface area contributed by atoms with Crippen LogP contribution in [0.2, 0.25) is 0 Å². The fraction of sp³-hybridized carbons (Fsp3) is 0.100. The molecule has 0 aliphatic rings. The summed E-state index contributed by atoms with van der Waals surface area (Å²) in [6, 6.07) is 0.623. The Labute approximate surface area is 102 Å². The highest BCUT2D eigenvalue weighted by molar-refractivity contribution is 5.55. The van der Waals surface area contributed by atoms with E-state index in [4.69, 9.17) is 6.85 Å². The first-order chi connectivity index (χ1) is 10.3. The van der Waals surface area contributed by atoms with Crippen LogP contribution in [0.5, 0.6) is 0 Å². The quantitative estimate of drug-likeness (QED) is 0.647. The van der Waals surface area contributed by atoms with Gasteiger partial charge in [-0.05, 0) is 23.7 Å². The predicted molar refractivity (Wildman–Crippen MR) is 59.4 cm³/mol. The van der Waals surface area contributed by atoms with Gasteiger partial charge in [0.1, 0.15) is 11.2 Å². The lowest BCUT2D eigenvalue weighted by Crippen LogP contribution is -2.17. The van der Waals surface area contributed by atoms with E-state index in [9.17, 15) is 4.79 Å². The van der Waals surface area contributed by atoms with Crippen molar-refractivity contribution in [3.05, 3.63) is 40.4 Å². The number of tetrazole rings is 1. The Morgan fingerprint density at radius 2 is 2.53 bits per heavy atom. The van der Waals surface area contributed by atoms with Crippen LogP contribution in [0, 0.1) is 6.85 Å². The van der Waals surface area contributed by atoms with E-state index in [0.717, 1.165) is 16.7 Å². The van der Waals surface area contributed by atoms with Crippen LogP contribution in [0.1, 0.15) is 12.4 Å². The van der Waals surface area contributed by atoms with Crippen LogP contribution in [-0.4, -0.2) is 30.0 Å². The van der Waals surface area contributed by atoms with Crippen molar-refractivity contribution in [1.29, 1.82) is 0 Å². The molecular formula is C10H8N6O. The van der Waals surface area contributed by atoms with Crippen molar-refractivity contribution < 1.29 is 6.85 Å². The lowest BCUT2D eigenvalue weighted by molar-refractivity contribution is 0.881. The summed E-state index contributed by atoms with van der Waals surface area (Å²) >= 11 is 0. The summed E-state index contributed by atoms with van der Waals surface area (Å²) in [5.41, 5.74) is -1.26. The summed E-state index contributed by atoms with van der Waals surface area (Å²) in [6.07, 6.45) is 0.659. The number of aromatic amines is 1. The highest BCUT2D eigenvalue weighted by atomic mass is 16.1. The summed E-state index contributed by atoms with van der Waals surface area (Å²) < 4.78 is 38.7. The molecule has 0 aromatic carbocycles. The van der Waals surface area contributed by atoms with Gasteiger partial charge >= 0.3 is 0 Å². The maximum absolute atomic E-state index is 12.5. The van der Waals surface area contributed by atoms with Gasteiger partial charge in [-0.25, -0.2) is 4.98 Å². The largest absolute Gasteiger partial charge is 0.269 e. The van der Waals surface area contributed by atoms with E-state index in [1.165, 1.54) is 0 Å². The molecule has 3 rings (SSSR count). The number of hydrogen-bond donors (Lipinski definition) is 1. The van der Waals surface area contributed by atoms with E-state index in [2.05, 4.69) is 25.6 Å². The van der Waals surface area contributed by atoms with E-state index in [1.54, 1.807) is 0 Å². The first-order valence-corrected chi connectivity index (χ1v) is 4.57. The van der Waals surface area contributed by atoms with Crippen LogP contribution in [0.4, 0.5) is 0 Å². The molecule has 0 aliphatic carbocycles. The second kappa shape index (κ2) is 3.48. The SMILES string of the molecule is [2H]c1cc(C([2H])([2H])[2H])c2ncc(-c3nn[nH]n3)c(=O)n2c1[2H]. The molecule has 0 saturated carbocycles. The van der Waals surface area contributed by atoms with Gasteiger partial charge in [-0.15, -0.1) is 10.2 Å². The normalized spacial score (nSPS) is 15.9. The monoisotopic (exact) mass is 233 g/mol. The molecule has 0 unspecified atom stereocenters. The van der Waals surface area contributed by atoms with Crippen molar-refractivity contribution in [1.82, 2.24) is 30.0 Å². The van der Waals surface area contributed by atoms with Crippen LogP contribution >= 0.6 is 0 Å². The summed E-state index contributed by atoms with van der Waals surface area (Å²) in [4.78, 5) is 16.4. The average Bonchev–Trinajstić information content (AvgIpc) is 2.95. The fourth-order valence-corrected chi connectivity index (χ4v) is 1.41. The zero-order valence-corrected chi connectivity index (χ0v) is 8.30. The molecule has 0 amide bonds. The standard InChI is InChI=1S/C10H8N6O/c1-6-3-2-4-16-9(6)11-5-7(10(16)17)8-12-14-15-13-8/h2-5H,1H3,(H,12,13,14,15)/i1D3,2D,4D. The molecule has 0 bridgehead atoms. The number of hydrogen-bond acceptors (Lipinski definition) is 5. The van der Waals surface area contributed by atoms with E-state index < -0.39 is 24.6 Å². The van der Waals surface area contributed by atoms with Gasteiger partial charge in [0.05, 0.1) is 2.74 Å². The number of aryl methyl sites for hydroxylation is 1. The first kappa shape index (κ1) is 5.67. The smallest absolute Gasteiger partial charge is 0.268 e. The Kier molecular flexibility index (Phi) is 1.16. The van der Waals surface area contributed by atoms with Crippen LogP contribution in [0.3, 0.4) is 0 Å². The molecule has 0 atom stereocenters. The number of nitrogens with one attached hydrogen (secondary N) is 1. The first-order valence-electron chi connectivity index (χ1n) is 7.07. The minimum Gasteiger partial charge on any atom is -0.268 e. The molecular weight excluding hydrogens is 220 g/mol. The summed E-state index contributed by atoms with van der Waals surface area (Å²) in [5, 5.41) is 12.8. The fourth-order valence-electron chi connectivity index (χ4n) is 1.41. The molecule has 3 aromatic rings. The Morgan fingerprint density at radius 3 is 3.29 bits per heavy atom. The van der Waals surface area contributed by atoms with Gasteiger partial charge < -0.3 is 0 Å². The summed E-state index contributed by atoms with van der Waals surface area (Å²) in [7, 11) is 0. The number of rotatable bonds is 1. The maximum atomic E-state index is 12.5. The third-order valence-electron chi connectivity index (χ3n) is 2.18. The highest BCUT2D eigenvalue weighted by Crippen LogP contribution is 2.09. The molecule has 0 radical (unpaired) electrons. The zero-order valence-electron chi connectivity index (χ0n) is 13.3. The minimum absolute atomic E-state index is 0.0304. The number of nitrogens with zero attached hydrogens (tertiary/aromatic N) is 5. The van der Waals surface area contributed by atoms with Crippen LogP contribution in [0.25, 0.3) is 17.0 Å². The third-order valence-corrected chi connectivity index (χ3v) is 2.18. The number of H-pyrrole nitrogens is 1. The molecule has 84 valence electrons. The average molecular weight is 233 g/mol. The number of fused-ring (bicyclic) bond motifs is 1. The summed E-state index contributed by atoms with van der Waals surface area (Å²) in [6.45, 7) is -2.57. The molecule has 1 N–H and O–H groups in total.